The molecule has 6 heteroatoms. The number of nitriles is 1. The summed E-state index contributed by atoms with van der Waals surface area (Å²) in [5.41, 5.74) is 4.95. The normalized spacial score (nSPS) is 11.0. The van der Waals surface area contributed by atoms with Crippen molar-refractivity contribution in [2.75, 3.05) is 18.5 Å². The molecule has 0 bridgehead atoms. The van der Waals surface area contributed by atoms with Gasteiger partial charge in [0, 0.05) is 7.05 Å². The largest absolute Gasteiger partial charge is 0.497 e. The van der Waals surface area contributed by atoms with E-state index in [0.717, 1.165) is 22.3 Å². The van der Waals surface area contributed by atoms with E-state index in [2.05, 4.69) is 6.07 Å². The van der Waals surface area contributed by atoms with Gasteiger partial charge in [-0.3, -0.25) is 4.31 Å². The standard InChI is InChI=1S/C23H22N2O3S/c1-16-5-8-20(14-23(16)18-6-7-19(15-24)17(2)13-18)25(3)29(26,27)22-11-9-21(28-4)10-12-22/h5-14H,1-4H3. The van der Waals surface area contributed by atoms with Crippen molar-refractivity contribution < 1.29 is 13.2 Å². The van der Waals surface area contributed by atoms with Gasteiger partial charge in [-0.1, -0.05) is 18.2 Å². The molecule has 0 heterocycles. The summed E-state index contributed by atoms with van der Waals surface area (Å²) in [7, 11) is -0.637. The van der Waals surface area contributed by atoms with Gasteiger partial charge in [0.25, 0.3) is 10.0 Å². The highest BCUT2D eigenvalue weighted by molar-refractivity contribution is 7.92. The highest BCUT2D eigenvalue weighted by Crippen LogP contribution is 2.31. The van der Waals surface area contributed by atoms with Gasteiger partial charge in [-0.25, -0.2) is 8.42 Å². The molecule has 0 saturated heterocycles. The molecule has 0 atom stereocenters. The second-order valence-electron chi connectivity index (χ2n) is 6.79. The van der Waals surface area contributed by atoms with E-state index in [9.17, 15) is 8.42 Å². The Kier molecular flexibility index (Phi) is 5.62. The Labute approximate surface area is 171 Å². The van der Waals surface area contributed by atoms with Gasteiger partial charge in [-0.15, -0.1) is 0 Å². The molecule has 3 aromatic carbocycles. The molecule has 3 rings (SSSR count). The van der Waals surface area contributed by atoms with Crippen molar-refractivity contribution >= 4 is 15.7 Å². The van der Waals surface area contributed by atoms with Gasteiger partial charge in [0.1, 0.15) is 5.75 Å². The van der Waals surface area contributed by atoms with Crippen molar-refractivity contribution in [3.63, 3.8) is 0 Å². The van der Waals surface area contributed by atoms with E-state index >= 15 is 0 Å². The fraction of sp³-hybridized carbons (Fsp3) is 0.174. The van der Waals surface area contributed by atoms with Crippen molar-refractivity contribution in [1.82, 2.24) is 0 Å². The zero-order valence-electron chi connectivity index (χ0n) is 16.8. The molecule has 0 spiro atoms. The monoisotopic (exact) mass is 406 g/mol. The van der Waals surface area contributed by atoms with Crippen molar-refractivity contribution in [3.8, 4) is 22.9 Å². The molecule has 0 aliphatic carbocycles. The van der Waals surface area contributed by atoms with Crippen LogP contribution in [-0.4, -0.2) is 22.6 Å². The van der Waals surface area contributed by atoms with Gasteiger partial charge in [-0.2, -0.15) is 5.26 Å². The second-order valence-corrected chi connectivity index (χ2v) is 8.76. The third-order valence-corrected chi connectivity index (χ3v) is 6.76. The lowest BCUT2D eigenvalue weighted by Gasteiger charge is -2.21. The van der Waals surface area contributed by atoms with Crippen molar-refractivity contribution in [2.24, 2.45) is 0 Å². The van der Waals surface area contributed by atoms with Gasteiger partial charge < -0.3 is 4.74 Å². The summed E-state index contributed by atoms with van der Waals surface area (Å²) in [5, 5.41) is 9.15. The first-order valence-corrected chi connectivity index (χ1v) is 10.5. The molecule has 0 N–H and O–H groups in total. The maximum atomic E-state index is 13.1. The minimum atomic E-state index is -3.71. The van der Waals surface area contributed by atoms with Gasteiger partial charge in [0.05, 0.1) is 29.3 Å². The third-order valence-electron chi connectivity index (χ3n) is 4.96. The molecular weight excluding hydrogens is 384 g/mol. The number of sulfonamides is 1. The molecule has 0 radical (unpaired) electrons. The summed E-state index contributed by atoms with van der Waals surface area (Å²) < 4.78 is 32.5. The summed E-state index contributed by atoms with van der Waals surface area (Å²) in [6, 6.07) is 19.6. The number of rotatable bonds is 5. The van der Waals surface area contributed by atoms with Gasteiger partial charge in [-0.05, 0) is 78.6 Å². The number of hydrogen-bond acceptors (Lipinski definition) is 4. The lowest BCUT2D eigenvalue weighted by Crippen LogP contribution is -2.26. The van der Waals surface area contributed by atoms with E-state index in [4.69, 9.17) is 10.00 Å². The molecule has 0 unspecified atom stereocenters. The highest BCUT2D eigenvalue weighted by Gasteiger charge is 2.22. The fourth-order valence-electron chi connectivity index (χ4n) is 3.12. The molecule has 0 aromatic heterocycles. The Morgan fingerprint density at radius 3 is 2.21 bits per heavy atom. The molecule has 0 fully saturated rings. The molecule has 0 saturated carbocycles. The smallest absolute Gasteiger partial charge is 0.264 e. The molecule has 0 aliphatic heterocycles. The maximum absolute atomic E-state index is 13.1. The molecule has 148 valence electrons. The van der Waals surface area contributed by atoms with E-state index in [1.807, 2.05) is 38.1 Å². The van der Waals surface area contributed by atoms with Crippen LogP contribution < -0.4 is 9.04 Å². The number of anilines is 1. The van der Waals surface area contributed by atoms with Gasteiger partial charge in [0.15, 0.2) is 0 Å². The molecular formula is C23H22N2O3S. The van der Waals surface area contributed by atoms with E-state index in [1.54, 1.807) is 24.3 Å². The number of hydrogen-bond donors (Lipinski definition) is 0. The van der Waals surface area contributed by atoms with Crippen LogP contribution in [0.4, 0.5) is 5.69 Å². The topological polar surface area (TPSA) is 70.4 Å². The molecule has 29 heavy (non-hydrogen) atoms. The van der Waals surface area contributed by atoms with Crippen molar-refractivity contribution in [3.05, 3.63) is 77.4 Å². The summed E-state index contributed by atoms with van der Waals surface area (Å²) >= 11 is 0. The number of aryl methyl sites for hydroxylation is 2. The van der Waals surface area contributed by atoms with Crippen LogP contribution in [0, 0.1) is 25.2 Å². The first-order valence-electron chi connectivity index (χ1n) is 9.02. The van der Waals surface area contributed by atoms with Crippen LogP contribution in [0.1, 0.15) is 16.7 Å². The Bertz CT molecular complexity index is 1190. The second kappa shape index (κ2) is 7.98. The predicted octanol–water partition coefficient (Wildman–Crippen LogP) is 4.68. The van der Waals surface area contributed by atoms with E-state index < -0.39 is 10.0 Å². The van der Waals surface area contributed by atoms with Crippen molar-refractivity contribution in [2.45, 2.75) is 18.7 Å². The summed E-state index contributed by atoms with van der Waals surface area (Å²) in [6.45, 7) is 3.87. The fourth-order valence-corrected chi connectivity index (χ4v) is 4.31. The van der Waals surface area contributed by atoms with Crippen LogP contribution in [0.3, 0.4) is 0 Å². The Hall–Kier alpha value is -3.30. The average molecular weight is 407 g/mol. The van der Waals surface area contributed by atoms with Crippen LogP contribution >= 0.6 is 0 Å². The van der Waals surface area contributed by atoms with Crippen LogP contribution in [0.15, 0.2) is 65.6 Å². The number of ether oxygens (including phenoxy) is 1. The van der Waals surface area contributed by atoms with Crippen LogP contribution in [0.25, 0.3) is 11.1 Å². The molecule has 0 aliphatic rings. The zero-order valence-corrected chi connectivity index (χ0v) is 17.6. The lowest BCUT2D eigenvalue weighted by atomic mass is 9.96. The van der Waals surface area contributed by atoms with E-state index in [0.29, 0.717) is 17.0 Å². The lowest BCUT2D eigenvalue weighted by molar-refractivity contribution is 0.414. The SMILES string of the molecule is COc1ccc(S(=O)(=O)N(C)c2ccc(C)c(-c3ccc(C#N)c(C)c3)c2)cc1. The Morgan fingerprint density at radius 2 is 1.62 bits per heavy atom. The molecule has 5 nitrogen and oxygen atoms in total. The van der Waals surface area contributed by atoms with Gasteiger partial charge >= 0.3 is 0 Å². The summed E-state index contributed by atoms with van der Waals surface area (Å²) in [6.07, 6.45) is 0. The van der Waals surface area contributed by atoms with Crippen LogP contribution in [0.5, 0.6) is 5.75 Å². The number of methoxy groups -OCH3 is 1. The zero-order chi connectivity index (χ0) is 21.2. The van der Waals surface area contributed by atoms with Gasteiger partial charge in [0.2, 0.25) is 0 Å². The first-order chi connectivity index (χ1) is 13.8. The molecule has 0 amide bonds. The van der Waals surface area contributed by atoms with Crippen LogP contribution in [0.2, 0.25) is 0 Å². The minimum Gasteiger partial charge on any atom is -0.497 e. The van der Waals surface area contributed by atoms with Crippen LogP contribution in [-0.2, 0) is 10.0 Å². The Balaban J connectivity index is 2.02. The quantitative estimate of drug-likeness (QED) is 0.617. The van der Waals surface area contributed by atoms with Crippen molar-refractivity contribution in [1.29, 1.82) is 5.26 Å². The first kappa shape index (κ1) is 20.4. The Morgan fingerprint density at radius 1 is 0.931 bits per heavy atom. The molecule has 3 aromatic rings. The number of nitrogens with zero attached hydrogens (tertiary/aromatic N) is 2. The maximum Gasteiger partial charge on any atom is 0.264 e. The summed E-state index contributed by atoms with van der Waals surface area (Å²) in [5.74, 6) is 0.598. The predicted molar refractivity (Wildman–Crippen MR) is 115 cm³/mol. The summed E-state index contributed by atoms with van der Waals surface area (Å²) in [4.78, 5) is 0.192. The minimum absolute atomic E-state index is 0.192. The highest BCUT2D eigenvalue weighted by atomic mass is 32.2. The number of benzene rings is 3. The average Bonchev–Trinajstić information content (AvgIpc) is 2.73. The van der Waals surface area contributed by atoms with E-state index in [1.165, 1.54) is 30.6 Å². The third kappa shape index (κ3) is 3.96. The van der Waals surface area contributed by atoms with E-state index in [-0.39, 0.29) is 4.90 Å².